The number of fused-ring (bicyclic) bond motifs is 3. The first kappa shape index (κ1) is 17.3. The summed E-state index contributed by atoms with van der Waals surface area (Å²) < 4.78 is 23.3. The third kappa shape index (κ3) is 2.79. The number of nitrogens with zero attached hydrogens (tertiary/aromatic N) is 1. The Kier molecular flexibility index (Phi) is 3.95. The van der Waals surface area contributed by atoms with E-state index in [9.17, 15) is 13.5 Å². The van der Waals surface area contributed by atoms with Crippen molar-refractivity contribution in [1.82, 2.24) is 0 Å². The van der Waals surface area contributed by atoms with Crippen LogP contribution < -0.4 is 5.14 Å². The Morgan fingerprint density at radius 2 is 2.00 bits per heavy atom. The molecule has 3 N–H and O–H groups in total. The Morgan fingerprint density at radius 1 is 1.24 bits per heavy atom. The van der Waals surface area contributed by atoms with Crippen LogP contribution in [-0.4, -0.2) is 23.8 Å². The second-order valence-corrected chi connectivity index (χ2v) is 9.51. The number of rotatable bonds is 2. The van der Waals surface area contributed by atoms with E-state index in [-0.39, 0.29) is 15.2 Å². The smallest absolute Gasteiger partial charge is 0.239 e. The maximum atomic E-state index is 11.7. The van der Waals surface area contributed by atoms with Crippen molar-refractivity contribution in [3.05, 3.63) is 63.1 Å². The van der Waals surface area contributed by atoms with Crippen molar-refractivity contribution < 1.29 is 13.5 Å². The van der Waals surface area contributed by atoms with Gasteiger partial charge in [-0.1, -0.05) is 47.1 Å². The third-order valence-electron chi connectivity index (χ3n) is 4.33. The SMILES string of the molecule is NS(=O)(=O)c1cc(C2=NC3(O)c4ccc(Cl)cc4CC3S2)ccc1Cl. The molecule has 0 aromatic heterocycles. The van der Waals surface area contributed by atoms with Crippen molar-refractivity contribution in [2.75, 3.05) is 0 Å². The first-order valence-corrected chi connectivity index (χ1v) is 10.5. The van der Waals surface area contributed by atoms with Gasteiger partial charge in [-0.25, -0.2) is 18.5 Å². The minimum atomic E-state index is -3.95. The topological polar surface area (TPSA) is 92.8 Å². The van der Waals surface area contributed by atoms with Crippen LogP contribution in [0.3, 0.4) is 0 Å². The molecule has 0 fully saturated rings. The highest BCUT2D eigenvalue weighted by atomic mass is 35.5. The second kappa shape index (κ2) is 5.70. The van der Waals surface area contributed by atoms with Gasteiger partial charge in [-0.3, -0.25) is 0 Å². The number of halogens is 2. The average molecular weight is 415 g/mol. The lowest BCUT2D eigenvalue weighted by atomic mass is 10.1. The lowest BCUT2D eigenvalue weighted by Gasteiger charge is -2.19. The van der Waals surface area contributed by atoms with Gasteiger partial charge in [0.2, 0.25) is 10.0 Å². The zero-order valence-electron chi connectivity index (χ0n) is 12.6. The third-order valence-corrected chi connectivity index (χ3v) is 7.29. The molecular weight excluding hydrogens is 403 g/mol. The van der Waals surface area contributed by atoms with Crippen LogP contribution in [0.5, 0.6) is 0 Å². The van der Waals surface area contributed by atoms with Crippen LogP contribution in [-0.2, 0) is 22.2 Å². The summed E-state index contributed by atoms with van der Waals surface area (Å²) in [6.45, 7) is 0. The zero-order valence-corrected chi connectivity index (χ0v) is 15.8. The fraction of sp³-hybridized carbons (Fsp3) is 0.188. The summed E-state index contributed by atoms with van der Waals surface area (Å²) in [5, 5.41) is 17.3. The average Bonchev–Trinajstić information content (AvgIpc) is 2.96. The lowest BCUT2D eigenvalue weighted by molar-refractivity contribution is 0.0580. The molecule has 2 unspecified atom stereocenters. The van der Waals surface area contributed by atoms with Gasteiger partial charge in [0.1, 0.15) is 9.94 Å². The van der Waals surface area contributed by atoms with E-state index in [4.69, 9.17) is 28.3 Å². The van der Waals surface area contributed by atoms with E-state index in [2.05, 4.69) is 4.99 Å². The van der Waals surface area contributed by atoms with Crippen LogP contribution >= 0.6 is 35.0 Å². The van der Waals surface area contributed by atoms with Crippen LogP contribution in [0.4, 0.5) is 0 Å². The van der Waals surface area contributed by atoms with Gasteiger partial charge in [0.15, 0.2) is 5.72 Å². The number of nitrogens with two attached hydrogens (primary N) is 1. The summed E-state index contributed by atoms with van der Waals surface area (Å²) in [5.41, 5.74) is 0.903. The summed E-state index contributed by atoms with van der Waals surface area (Å²) >= 11 is 13.3. The fourth-order valence-electron chi connectivity index (χ4n) is 3.16. The highest BCUT2D eigenvalue weighted by Gasteiger charge is 2.50. The van der Waals surface area contributed by atoms with Gasteiger partial charge in [-0.15, -0.1) is 0 Å². The quantitative estimate of drug-likeness (QED) is 0.789. The monoisotopic (exact) mass is 414 g/mol. The van der Waals surface area contributed by atoms with Crippen molar-refractivity contribution in [2.24, 2.45) is 10.1 Å². The van der Waals surface area contributed by atoms with Crippen LogP contribution in [0.2, 0.25) is 10.0 Å². The minimum absolute atomic E-state index is 0.0498. The number of aliphatic imine (C=N–C) groups is 1. The highest BCUT2D eigenvalue weighted by Crippen LogP contribution is 2.50. The van der Waals surface area contributed by atoms with Crippen LogP contribution in [0.15, 0.2) is 46.3 Å². The standard InChI is InChI=1S/C16H12Cl2N2O3S2/c17-10-2-3-11-9(5-10)7-14-16(11,21)20-15(24-14)8-1-4-12(18)13(6-8)25(19,22)23/h1-6,14,21H,7H2,(H2,19,22,23). The molecule has 1 heterocycles. The molecule has 9 heteroatoms. The molecule has 0 spiro atoms. The molecule has 5 nitrogen and oxygen atoms in total. The molecule has 1 aliphatic carbocycles. The van der Waals surface area contributed by atoms with Crippen molar-refractivity contribution in [3.63, 3.8) is 0 Å². The van der Waals surface area contributed by atoms with Gasteiger partial charge in [-0.05, 0) is 36.2 Å². The Labute approximate surface area is 158 Å². The van der Waals surface area contributed by atoms with Gasteiger partial charge in [0.05, 0.1) is 10.3 Å². The molecule has 2 aromatic carbocycles. The minimum Gasteiger partial charge on any atom is -0.365 e. The Morgan fingerprint density at radius 3 is 2.72 bits per heavy atom. The van der Waals surface area contributed by atoms with Gasteiger partial charge in [0.25, 0.3) is 0 Å². The lowest BCUT2D eigenvalue weighted by Crippen LogP contribution is -2.27. The molecule has 2 aliphatic rings. The molecule has 0 radical (unpaired) electrons. The van der Waals surface area contributed by atoms with Crippen molar-refractivity contribution >= 4 is 50.0 Å². The second-order valence-electron chi connectivity index (χ2n) is 5.95. The molecular formula is C16H12Cl2N2O3S2. The molecule has 1 aliphatic heterocycles. The number of hydrogen-bond acceptors (Lipinski definition) is 5. The van der Waals surface area contributed by atoms with E-state index >= 15 is 0 Å². The van der Waals surface area contributed by atoms with E-state index in [0.29, 0.717) is 22.1 Å². The Bertz CT molecular complexity index is 1040. The van der Waals surface area contributed by atoms with Crippen LogP contribution in [0.1, 0.15) is 16.7 Å². The summed E-state index contributed by atoms with van der Waals surface area (Å²) in [7, 11) is -3.95. The van der Waals surface area contributed by atoms with Crippen LogP contribution in [0.25, 0.3) is 0 Å². The first-order chi connectivity index (χ1) is 11.7. The highest BCUT2D eigenvalue weighted by molar-refractivity contribution is 8.15. The van der Waals surface area contributed by atoms with E-state index in [1.807, 2.05) is 6.07 Å². The Balaban J connectivity index is 1.79. The van der Waals surface area contributed by atoms with Gasteiger partial charge >= 0.3 is 0 Å². The van der Waals surface area contributed by atoms with E-state index in [0.717, 1.165) is 11.1 Å². The molecule has 0 amide bonds. The molecule has 4 rings (SSSR count). The maximum Gasteiger partial charge on any atom is 0.239 e. The number of hydrogen-bond donors (Lipinski definition) is 2. The largest absolute Gasteiger partial charge is 0.365 e. The number of aliphatic hydroxyl groups is 1. The number of sulfonamides is 1. The summed E-state index contributed by atoms with van der Waals surface area (Å²) in [6, 6.07) is 9.85. The van der Waals surface area contributed by atoms with E-state index in [1.54, 1.807) is 18.2 Å². The normalized spacial score (nSPS) is 24.8. The van der Waals surface area contributed by atoms with Gasteiger partial charge < -0.3 is 5.11 Å². The Hall–Kier alpha value is -1.09. The summed E-state index contributed by atoms with van der Waals surface area (Å²) in [6.07, 6.45) is 0.625. The van der Waals surface area contributed by atoms with Crippen LogP contribution in [0, 0.1) is 0 Å². The van der Waals surface area contributed by atoms with Gasteiger partial charge in [-0.2, -0.15) is 0 Å². The van der Waals surface area contributed by atoms with Crippen molar-refractivity contribution in [2.45, 2.75) is 22.3 Å². The predicted molar refractivity (Wildman–Crippen MR) is 99.8 cm³/mol. The summed E-state index contributed by atoms with van der Waals surface area (Å²) in [4.78, 5) is 4.33. The van der Waals surface area contributed by atoms with Crippen molar-refractivity contribution in [3.8, 4) is 0 Å². The number of primary sulfonamides is 1. The fourth-order valence-corrected chi connectivity index (χ4v) is 5.76. The molecule has 2 aromatic rings. The zero-order chi connectivity index (χ0) is 18.0. The van der Waals surface area contributed by atoms with E-state index < -0.39 is 15.7 Å². The predicted octanol–water partition coefficient (Wildman–Crippen LogP) is 2.90. The molecule has 0 saturated heterocycles. The summed E-state index contributed by atoms with van der Waals surface area (Å²) in [5.74, 6) is 0. The molecule has 130 valence electrons. The number of benzene rings is 2. The molecule has 0 saturated carbocycles. The van der Waals surface area contributed by atoms with Crippen molar-refractivity contribution in [1.29, 1.82) is 0 Å². The van der Waals surface area contributed by atoms with E-state index in [1.165, 1.54) is 23.9 Å². The molecule has 2 atom stereocenters. The molecule has 0 bridgehead atoms. The first-order valence-electron chi connectivity index (χ1n) is 7.29. The molecule has 25 heavy (non-hydrogen) atoms. The number of thioether (sulfide) groups is 1. The maximum absolute atomic E-state index is 11.7. The van der Waals surface area contributed by atoms with Gasteiger partial charge in [0, 0.05) is 16.1 Å².